The Morgan fingerprint density at radius 1 is 1.15 bits per heavy atom. The van der Waals surface area contributed by atoms with Gasteiger partial charge < -0.3 is 20.1 Å². The molecule has 0 amide bonds. The molecule has 1 aliphatic carbocycles. The quantitative estimate of drug-likeness (QED) is 0.235. The van der Waals surface area contributed by atoms with Crippen LogP contribution in [0.25, 0.3) is 32.1 Å². The van der Waals surface area contributed by atoms with Crippen molar-refractivity contribution in [2.75, 3.05) is 43.5 Å². The third-order valence-electron chi connectivity index (χ3n) is 10.2. The van der Waals surface area contributed by atoms with Crippen LogP contribution in [0.15, 0.2) is 12.1 Å². The molecule has 2 aromatic heterocycles. The van der Waals surface area contributed by atoms with E-state index in [9.17, 15) is 14.0 Å². The summed E-state index contributed by atoms with van der Waals surface area (Å²) in [6.07, 6.45) is 6.45. The van der Waals surface area contributed by atoms with Gasteiger partial charge in [0.2, 0.25) is 0 Å². The van der Waals surface area contributed by atoms with E-state index < -0.39 is 23.3 Å². The molecule has 3 aliphatic heterocycles. The highest BCUT2D eigenvalue weighted by molar-refractivity contribution is 7.23. The lowest BCUT2D eigenvalue weighted by Gasteiger charge is -2.35. The van der Waals surface area contributed by atoms with E-state index in [1.54, 1.807) is 0 Å². The molecule has 1 saturated carbocycles. The molecule has 13 heteroatoms. The fraction of sp³-hybridized carbons (Fsp3) is 0.485. The first kappa shape index (κ1) is 29.8. The lowest BCUT2D eigenvalue weighted by atomic mass is 9.93. The Morgan fingerprint density at radius 2 is 1.98 bits per heavy atom. The molecular weight excluding hydrogens is 637 g/mol. The topological polar surface area (TPSA) is 101 Å². The second kappa shape index (κ2) is 11.3. The van der Waals surface area contributed by atoms with E-state index in [2.05, 4.69) is 14.8 Å². The molecule has 2 atom stereocenters. The number of alkyl halides is 1. The van der Waals surface area contributed by atoms with Gasteiger partial charge in [0, 0.05) is 30.0 Å². The average molecular weight is 669 g/mol. The number of halogens is 4. The van der Waals surface area contributed by atoms with Gasteiger partial charge in [-0.3, -0.25) is 4.90 Å². The van der Waals surface area contributed by atoms with Gasteiger partial charge in [-0.2, -0.15) is 15.2 Å². The van der Waals surface area contributed by atoms with Gasteiger partial charge >= 0.3 is 6.01 Å². The zero-order valence-electron chi connectivity index (χ0n) is 25.1. The molecular formula is C33H32ClF3N6O2S. The van der Waals surface area contributed by atoms with E-state index in [-0.39, 0.29) is 73.3 Å². The number of nitriles is 1. The van der Waals surface area contributed by atoms with E-state index in [0.29, 0.717) is 30.7 Å². The lowest BCUT2D eigenvalue weighted by molar-refractivity contribution is 0.107. The summed E-state index contributed by atoms with van der Waals surface area (Å²) in [5.74, 6) is -0.624. The van der Waals surface area contributed by atoms with Crippen LogP contribution in [0, 0.1) is 23.0 Å². The smallest absolute Gasteiger partial charge is 0.319 e. The number of hydrogen-bond donors (Lipinski definition) is 1. The third kappa shape index (κ3) is 4.57. The maximum Gasteiger partial charge on any atom is 0.319 e. The summed E-state index contributed by atoms with van der Waals surface area (Å²) >= 11 is 7.95. The van der Waals surface area contributed by atoms with Crippen LogP contribution in [0.4, 0.5) is 24.0 Å². The first-order valence-corrected chi connectivity index (χ1v) is 17.0. The van der Waals surface area contributed by atoms with Crippen LogP contribution in [0.3, 0.4) is 0 Å². The van der Waals surface area contributed by atoms with Crippen molar-refractivity contribution in [1.29, 1.82) is 5.26 Å². The van der Waals surface area contributed by atoms with Crippen molar-refractivity contribution in [3.05, 3.63) is 34.4 Å². The zero-order valence-corrected chi connectivity index (χ0v) is 26.6. The molecule has 0 radical (unpaired) electrons. The van der Waals surface area contributed by atoms with Crippen molar-refractivity contribution in [3.63, 3.8) is 0 Å². The first-order chi connectivity index (χ1) is 22.3. The highest BCUT2D eigenvalue weighted by Gasteiger charge is 2.49. The second-order valence-electron chi connectivity index (χ2n) is 12.8. The van der Waals surface area contributed by atoms with Gasteiger partial charge in [0.05, 0.1) is 32.8 Å². The van der Waals surface area contributed by atoms with E-state index in [1.807, 2.05) is 6.07 Å². The van der Waals surface area contributed by atoms with Crippen LogP contribution in [-0.4, -0.2) is 65.5 Å². The summed E-state index contributed by atoms with van der Waals surface area (Å²) in [6, 6.07) is 4.83. The first-order valence-electron chi connectivity index (χ1n) is 15.8. The van der Waals surface area contributed by atoms with Gasteiger partial charge in [0.15, 0.2) is 11.6 Å². The number of thiophene rings is 1. The summed E-state index contributed by atoms with van der Waals surface area (Å²) < 4.78 is 59.3. The van der Waals surface area contributed by atoms with Gasteiger partial charge in [-0.05, 0) is 43.9 Å². The number of aromatic nitrogens is 2. The Kier molecular flexibility index (Phi) is 7.34. The predicted molar refractivity (Wildman–Crippen MR) is 173 cm³/mol. The summed E-state index contributed by atoms with van der Waals surface area (Å²) in [7, 11) is 0. The van der Waals surface area contributed by atoms with Gasteiger partial charge in [-0.15, -0.1) is 11.3 Å². The molecule has 0 bridgehead atoms. The Bertz CT molecular complexity index is 1930. The molecule has 8 rings (SSSR count). The number of nitrogens with two attached hydrogens (primary N) is 1. The monoisotopic (exact) mass is 668 g/mol. The molecule has 8 nitrogen and oxygen atoms in total. The Morgan fingerprint density at radius 3 is 2.78 bits per heavy atom. The Labute approximate surface area is 272 Å². The molecule has 2 aromatic carbocycles. The maximum absolute atomic E-state index is 17.1. The highest BCUT2D eigenvalue weighted by Crippen LogP contribution is 2.51. The minimum atomic E-state index is -0.924. The number of benzene rings is 2. The van der Waals surface area contributed by atoms with Crippen LogP contribution in [0.5, 0.6) is 11.8 Å². The molecule has 4 aromatic rings. The largest absolute Gasteiger partial charge is 0.489 e. The number of anilines is 2. The molecule has 4 aliphatic rings. The Balaban J connectivity index is 1.34. The van der Waals surface area contributed by atoms with Gasteiger partial charge in [0.25, 0.3) is 0 Å². The molecule has 5 heterocycles. The number of fused-ring (bicyclic) bond motifs is 2. The normalized spacial score (nSPS) is 23.5. The van der Waals surface area contributed by atoms with Crippen molar-refractivity contribution in [1.82, 2.24) is 14.9 Å². The second-order valence-corrected chi connectivity index (χ2v) is 14.3. The summed E-state index contributed by atoms with van der Waals surface area (Å²) in [4.78, 5) is 13.8. The van der Waals surface area contributed by atoms with Gasteiger partial charge in [-0.25, -0.2) is 13.2 Å². The van der Waals surface area contributed by atoms with Crippen LogP contribution >= 0.6 is 22.9 Å². The van der Waals surface area contributed by atoms with E-state index >= 15 is 4.39 Å². The number of ether oxygens (including phenoxy) is 2. The Hall–Kier alpha value is -3.53. The standard InChI is InChI=1S/C33H32ClF3N6O2S/c34-25-23(19-7-8-21(36)29-22(19)20(14-38)30(39)46-29)26(37)27-24-28(25)44-12-11-43(18-5-2-1-3-6-18)31(24)41-32(40-27)45-16-33-9-4-10-42(33)15-17(35)13-33/h7-8,17-18H,1-6,9-13,15-16,39H2/t17-,33+/m1/s1. The van der Waals surface area contributed by atoms with Crippen LogP contribution in [0.2, 0.25) is 5.02 Å². The molecule has 240 valence electrons. The average Bonchev–Trinajstić information content (AvgIpc) is 3.65. The fourth-order valence-electron chi connectivity index (χ4n) is 8.14. The van der Waals surface area contributed by atoms with E-state index in [0.717, 1.165) is 62.8 Å². The van der Waals surface area contributed by atoms with Crippen molar-refractivity contribution in [2.45, 2.75) is 69.1 Å². The summed E-state index contributed by atoms with van der Waals surface area (Å²) in [5, 5.41) is 10.5. The van der Waals surface area contributed by atoms with Crippen molar-refractivity contribution in [3.8, 4) is 29.0 Å². The van der Waals surface area contributed by atoms with Crippen LogP contribution in [-0.2, 0) is 0 Å². The molecule has 0 spiro atoms. The van der Waals surface area contributed by atoms with Gasteiger partial charge in [-0.1, -0.05) is 36.9 Å². The van der Waals surface area contributed by atoms with Crippen molar-refractivity contribution < 1.29 is 22.6 Å². The third-order valence-corrected chi connectivity index (χ3v) is 11.6. The molecule has 2 N–H and O–H groups in total. The highest BCUT2D eigenvalue weighted by atomic mass is 35.5. The molecule has 0 unspecified atom stereocenters. The lowest BCUT2D eigenvalue weighted by Crippen LogP contribution is -2.43. The van der Waals surface area contributed by atoms with Crippen molar-refractivity contribution in [2.24, 2.45) is 0 Å². The SMILES string of the molecule is N#Cc1c(N)sc2c(F)ccc(-c3c(Cl)c4c5c(nc(OC[C@@]67CCCN6C[C@H](F)C7)nc5c3F)N(C3CCCCC3)CCO4)c12. The summed E-state index contributed by atoms with van der Waals surface area (Å²) in [6.45, 7) is 2.14. The number of rotatable bonds is 5. The number of hydrogen-bond acceptors (Lipinski definition) is 9. The number of nitrogen functional groups attached to an aromatic ring is 1. The van der Waals surface area contributed by atoms with E-state index in [1.165, 1.54) is 12.1 Å². The zero-order chi connectivity index (χ0) is 31.7. The number of nitrogens with zero attached hydrogens (tertiary/aromatic N) is 5. The minimum absolute atomic E-state index is 0.00592. The van der Waals surface area contributed by atoms with Crippen molar-refractivity contribution >= 4 is 54.7 Å². The van der Waals surface area contributed by atoms with E-state index in [4.69, 9.17) is 31.8 Å². The van der Waals surface area contributed by atoms with Crippen LogP contribution < -0.4 is 20.1 Å². The van der Waals surface area contributed by atoms with Gasteiger partial charge in [0.1, 0.15) is 47.6 Å². The maximum atomic E-state index is 17.1. The van der Waals surface area contributed by atoms with Crippen LogP contribution in [0.1, 0.15) is 56.9 Å². The molecule has 3 fully saturated rings. The minimum Gasteiger partial charge on any atom is -0.489 e. The molecule has 46 heavy (non-hydrogen) atoms. The summed E-state index contributed by atoms with van der Waals surface area (Å²) in [5.41, 5.74) is 5.80. The molecule has 2 saturated heterocycles. The predicted octanol–water partition coefficient (Wildman–Crippen LogP) is 7.38. The fourth-order valence-corrected chi connectivity index (χ4v) is 9.42.